The first-order valence-electron chi connectivity index (χ1n) is 9.78. The molecule has 0 heterocycles. The van der Waals surface area contributed by atoms with Gasteiger partial charge >= 0.3 is 0 Å². The summed E-state index contributed by atoms with van der Waals surface area (Å²) in [6.07, 6.45) is 5.99. The summed E-state index contributed by atoms with van der Waals surface area (Å²) < 4.78 is 0. The lowest BCUT2D eigenvalue weighted by atomic mass is 9.86. The third kappa shape index (κ3) is 3.06. The lowest BCUT2D eigenvalue weighted by molar-refractivity contribution is -0.110. The van der Waals surface area contributed by atoms with Crippen molar-refractivity contribution >= 4 is 46.2 Å². The van der Waals surface area contributed by atoms with Crippen LogP contribution in [0, 0.1) is 13.8 Å². The molecule has 2 aliphatic carbocycles. The van der Waals surface area contributed by atoms with Crippen molar-refractivity contribution in [2.45, 2.75) is 13.8 Å². The molecule has 3 heteroatoms. The first-order valence-corrected chi connectivity index (χ1v) is 10.5. The first kappa shape index (κ1) is 19.1. The Morgan fingerprint density at radius 1 is 0.633 bits per heavy atom. The second-order valence-electron chi connectivity index (χ2n) is 7.77. The maximum atomic E-state index is 13.3. The average molecular weight is 429 g/mol. The van der Waals surface area contributed by atoms with E-state index >= 15 is 0 Å². The van der Waals surface area contributed by atoms with E-state index < -0.39 is 0 Å². The Labute approximate surface area is 186 Å². The van der Waals surface area contributed by atoms with Crippen molar-refractivity contribution in [2.24, 2.45) is 0 Å². The highest BCUT2D eigenvalue weighted by atomic mass is 35.5. The number of fused-ring (bicyclic) bond motifs is 3. The molecule has 2 aliphatic rings. The molecule has 3 aromatic rings. The van der Waals surface area contributed by atoms with Crippen molar-refractivity contribution in [2.75, 3.05) is 0 Å². The van der Waals surface area contributed by atoms with Crippen molar-refractivity contribution in [3.8, 4) is 11.1 Å². The number of ketones is 1. The van der Waals surface area contributed by atoms with Crippen LogP contribution in [0.25, 0.3) is 28.3 Å². The van der Waals surface area contributed by atoms with Crippen LogP contribution in [0.2, 0.25) is 10.0 Å². The zero-order valence-electron chi connectivity index (χ0n) is 16.6. The summed E-state index contributed by atoms with van der Waals surface area (Å²) in [4.78, 5) is 13.3. The number of halogens is 2. The zero-order valence-corrected chi connectivity index (χ0v) is 18.1. The van der Waals surface area contributed by atoms with Gasteiger partial charge in [-0.1, -0.05) is 53.5 Å². The Morgan fingerprint density at radius 2 is 1.23 bits per heavy atom. The molecule has 0 aromatic heterocycles. The minimum Gasteiger partial charge on any atom is -0.289 e. The zero-order chi connectivity index (χ0) is 21.0. The number of Topliss-reactive ketones (excluding diaryl/α,β-unsaturated/α-hetero) is 1. The van der Waals surface area contributed by atoms with Gasteiger partial charge in [0.2, 0.25) is 0 Å². The fourth-order valence-corrected chi connectivity index (χ4v) is 4.77. The summed E-state index contributed by atoms with van der Waals surface area (Å²) in [6, 6.07) is 17.9. The molecule has 5 rings (SSSR count). The van der Waals surface area contributed by atoms with Crippen LogP contribution < -0.4 is 0 Å². The highest BCUT2D eigenvalue weighted by Crippen LogP contribution is 2.43. The number of hydrogen-bond donors (Lipinski definition) is 0. The van der Waals surface area contributed by atoms with E-state index in [1.165, 1.54) is 0 Å². The van der Waals surface area contributed by atoms with Gasteiger partial charge in [-0.15, -0.1) is 0 Å². The number of aryl methyl sites for hydroxylation is 2. The van der Waals surface area contributed by atoms with Crippen LogP contribution in [-0.4, -0.2) is 5.78 Å². The van der Waals surface area contributed by atoms with Gasteiger partial charge in [0.25, 0.3) is 0 Å². The minimum absolute atomic E-state index is 0.0540. The second-order valence-corrected chi connectivity index (χ2v) is 8.64. The number of carbonyl (C=O) groups is 1. The summed E-state index contributed by atoms with van der Waals surface area (Å²) in [5.74, 6) is 0.0540. The fraction of sp³-hybridized carbons (Fsp3) is 0.0741. The van der Waals surface area contributed by atoms with Crippen LogP contribution in [0.15, 0.2) is 72.3 Å². The molecule has 1 nitrogen and oxygen atoms in total. The molecule has 0 fully saturated rings. The van der Waals surface area contributed by atoms with E-state index in [4.69, 9.17) is 23.2 Å². The van der Waals surface area contributed by atoms with Gasteiger partial charge in [-0.25, -0.2) is 0 Å². The van der Waals surface area contributed by atoms with Gasteiger partial charge in [-0.2, -0.15) is 0 Å². The number of carbonyl (C=O) groups excluding carboxylic acids is 1. The summed E-state index contributed by atoms with van der Waals surface area (Å²) in [6.45, 7) is 4.04. The van der Waals surface area contributed by atoms with Crippen LogP contribution in [0.5, 0.6) is 0 Å². The molecule has 0 radical (unpaired) electrons. The van der Waals surface area contributed by atoms with Gasteiger partial charge in [0.15, 0.2) is 5.78 Å². The number of allylic oxidation sites excluding steroid dienone is 5. The molecule has 0 spiro atoms. The lowest BCUT2D eigenvalue weighted by Gasteiger charge is -2.16. The average Bonchev–Trinajstić information content (AvgIpc) is 3.08. The van der Waals surface area contributed by atoms with Crippen LogP contribution in [0.3, 0.4) is 0 Å². The van der Waals surface area contributed by atoms with E-state index in [-0.39, 0.29) is 5.78 Å². The summed E-state index contributed by atoms with van der Waals surface area (Å²) in [5, 5.41) is 1.41. The maximum absolute atomic E-state index is 13.3. The van der Waals surface area contributed by atoms with E-state index in [0.29, 0.717) is 10.6 Å². The van der Waals surface area contributed by atoms with E-state index in [2.05, 4.69) is 31.2 Å². The molecule has 0 aliphatic heterocycles. The van der Waals surface area contributed by atoms with Gasteiger partial charge in [0, 0.05) is 21.2 Å². The van der Waals surface area contributed by atoms with E-state index in [1.54, 1.807) is 0 Å². The SMILES string of the molecule is Cc1cc(Cl)ccc1C1=CC=C2C(=Cc3cc(-c4ccc(Cl)cc4C)ccc32)C1=O. The minimum atomic E-state index is 0.0540. The maximum Gasteiger partial charge on any atom is 0.194 e. The Balaban J connectivity index is 1.56. The van der Waals surface area contributed by atoms with Crippen LogP contribution in [-0.2, 0) is 4.79 Å². The molecule has 0 atom stereocenters. The van der Waals surface area contributed by atoms with Crippen molar-refractivity contribution in [1.29, 1.82) is 0 Å². The Hall–Kier alpha value is -2.87. The molecular weight excluding hydrogens is 411 g/mol. The Kier molecular flexibility index (Phi) is 4.54. The summed E-state index contributed by atoms with van der Waals surface area (Å²) in [7, 11) is 0. The van der Waals surface area contributed by atoms with Crippen molar-refractivity contribution in [1.82, 2.24) is 0 Å². The summed E-state index contributed by atoms with van der Waals surface area (Å²) >= 11 is 12.2. The largest absolute Gasteiger partial charge is 0.289 e. The lowest BCUT2D eigenvalue weighted by Crippen LogP contribution is -2.09. The predicted molar refractivity (Wildman–Crippen MR) is 127 cm³/mol. The third-order valence-electron chi connectivity index (χ3n) is 5.82. The number of hydrogen-bond acceptors (Lipinski definition) is 1. The monoisotopic (exact) mass is 428 g/mol. The smallest absolute Gasteiger partial charge is 0.194 e. The second kappa shape index (κ2) is 7.12. The van der Waals surface area contributed by atoms with Crippen LogP contribution in [0.1, 0.15) is 27.8 Å². The topological polar surface area (TPSA) is 17.1 Å². The van der Waals surface area contributed by atoms with Crippen LogP contribution >= 0.6 is 23.2 Å². The molecule has 146 valence electrons. The number of benzene rings is 3. The normalized spacial score (nSPS) is 14.7. The van der Waals surface area contributed by atoms with E-state index in [1.807, 2.05) is 55.5 Å². The molecule has 30 heavy (non-hydrogen) atoms. The van der Waals surface area contributed by atoms with Crippen molar-refractivity contribution < 1.29 is 4.79 Å². The quantitative estimate of drug-likeness (QED) is 0.408. The van der Waals surface area contributed by atoms with Gasteiger partial charge in [0.05, 0.1) is 0 Å². The fourth-order valence-electron chi connectivity index (χ4n) is 4.32. The Bertz CT molecular complexity index is 1340. The van der Waals surface area contributed by atoms with E-state index in [0.717, 1.165) is 55.1 Å². The Morgan fingerprint density at radius 3 is 1.90 bits per heavy atom. The standard InChI is InChI=1S/C27H18Cl2O/c1-15-11-19(28)4-7-21(15)17-3-6-23-18(13-17)14-26-24(23)9-10-25(27(26)30)22-8-5-20(29)12-16(22)2/h3-14H,1-2H3. The molecule has 0 saturated carbocycles. The van der Waals surface area contributed by atoms with Gasteiger partial charge in [-0.05, 0) is 101 Å². The predicted octanol–water partition coefficient (Wildman–Crippen LogP) is 7.72. The van der Waals surface area contributed by atoms with Gasteiger partial charge < -0.3 is 0 Å². The van der Waals surface area contributed by atoms with E-state index in [9.17, 15) is 4.79 Å². The summed E-state index contributed by atoms with van der Waals surface area (Å²) in [5.41, 5.74) is 9.93. The van der Waals surface area contributed by atoms with Crippen LogP contribution in [0.4, 0.5) is 0 Å². The molecule has 3 aromatic carbocycles. The van der Waals surface area contributed by atoms with Gasteiger partial charge in [0.1, 0.15) is 0 Å². The first-order chi connectivity index (χ1) is 14.4. The molecule has 0 saturated heterocycles. The molecular formula is C27H18Cl2O. The third-order valence-corrected chi connectivity index (χ3v) is 6.29. The van der Waals surface area contributed by atoms with Gasteiger partial charge in [-0.3, -0.25) is 4.79 Å². The highest BCUT2D eigenvalue weighted by Gasteiger charge is 2.29. The number of rotatable bonds is 2. The molecule has 0 bridgehead atoms. The molecule has 0 amide bonds. The molecule has 0 unspecified atom stereocenters. The van der Waals surface area contributed by atoms with Crippen molar-refractivity contribution in [3.63, 3.8) is 0 Å². The molecule has 0 N–H and O–H groups in total. The highest BCUT2D eigenvalue weighted by molar-refractivity contribution is 6.39. The van der Waals surface area contributed by atoms with Crippen molar-refractivity contribution in [3.05, 3.63) is 110 Å².